The maximum atomic E-state index is 12.1. The summed E-state index contributed by atoms with van der Waals surface area (Å²) in [6.45, 7) is 1.99. The van der Waals surface area contributed by atoms with E-state index in [9.17, 15) is 9.59 Å². The van der Waals surface area contributed by atoms with Crippen molar-refractivity contribution in [3.05, 3.63) is 35.4 Å². The van der Waals surface area contributed by atoms with Crippen molar-refractivity contribution in [2.75, 3.05) is 25.2 Å². The molecule has 0 fully saturated rings. The van der Waals surface area contributed by atoms with Crippen LogP contribution in [0.3, 0.4) is 0 Å². The number of ether oxygens (including phenoxy) is 1. The normalized spacial score (nSPS) is 15.4. The molecule has 1 aromatic heterocycles. The lowest BCUT2D eigenvalue weighted by molar-refractivity contribution is -0.117. The molecule has 3 aromatic rings. The van der Waals surface area contributed by atoms with Gasteiger partial charge in [0.25, 0.3) is 5.91 Å². The largest absolute Gasteiger partial charge is 0.494 e. The van der Waals surface area contributed by atoms with Crippen LogP contribution < -0.4 is 21.1 Å². The predicted molar refractivity (Wildman–Crippen MR) is 108 cm³/mol. The molecule has 2 amide bonds. The van der Waals surface area contributed by atoms with Gasteiger partial charge in [-0.2, -0.15) is 0 Å². The molecule has 0 saturated carbocycles. The number of nitrogen functional groups attached to an aromatic ring is 1. The number of anilines is 2. The van der Waals surface area contributed by atoms with Gasteiger partial charge < -0.3 is 26.1 Å². The van der Waals surface area contributed by atoms with Crippen LogP contribution in [0.5, 0.6) is 5.75 Å². The quantitative estimate of drug-likeness (QED) is 0.519. The Labute approximate surface area is 161 Å². The third-order valence-corrected chi connectivity index (χ3v) is 5.14. The van der Waals surface area contributed by atoms with Crippen molar-refractivity contribution in [3.63, 3.8) is 0 Å². The van der Waals surface area contributed by atoms with E-state index in [-0.39, 0.29) is 23.4 Å². The fourth-order valence-electron chi connectivity index (χ4n) is 3.70. The lowest BCUT2D eigenvalue weighted by Crippen LogP contribution is -2.19. The number of hydrogen-bond donors (Lipinski definition) is 4. The third-order valence-electron chi connectivity index (χ3n) is 5.14. The number of methoxy groups -OCH3 is 1. The van der Waals surface area contributed by atoms with E-state index in [2.05, 4.69) is 20.6 Å². The van der Waals surface area contributed by atoms with E-state index in [4.69, 9.17) is 10.5 Å². The summed E-state index contributed by atoms with van der Waals surface area (Å²) in [5.41, 5.74) is 10.7. The van der Waals surface area contributed by atoms with Crippen LogP contribution in [0.2, 0.25) is 0 Å². The molecule has 1 aliphatic rings. The number of benzene rings is 2. The Morgan fingerprint density at radius 3 is 2.82 bits per heavy atom. The van der Waals surface area contributed by atoms with Crippen LogP contribution in [0.15, 0.2) is 24.3 Å². The Morgan fingerprint density at radius 2 is 2.14 bits per heavy atom. The van der Waals surface area contributed by atoms with Crippen molar-refractivity contribution in [1.29, 1.82) is 0 Å². The Balaban J connectivity index is 1.84. The third kappa shape index (κ3) is 2.57. The number of fused-ring (bicyclic) bond motifs is 2. The molecule has 144 valence electrons. The molecule has 2 aromatic carbocycles. The van der Waals surface area contributed by atoms with Crippen LogP contribution >= 0.6 is 0 Å². The van der Waals surface area contributed by atoms with E-state index in [0.717, 1.165) is 28.7 Å². The van der Waals surface area contributed by atoms with Gasteiger partial charge in [-0.3, -0.25) is 9.59 Å². The number of hydrogen-bond acceptors (Lipinski definition) is 5. The summed E-state index contributed by atoms with van der Waals surface area (Å²) < 4.78 is 5.47. The number of nitrogens with zero attached hydrogens (tertiary/aromatic N) is 1. The minimum absolute atomic E-state index is 0.0182. The van der Waals surface area contributed by atoms with Crippen LogP contribution in [-0.4, -0.2) is 35.9 Å². The highest BCUT2D eigenvalue weighted by molar-refractivity contribution is 6.05. The summed E-state index contributed by atoms with van der Waals surface area (Å²) in [7, 11) is 3.05. The second-order valence-electron chi connectivity index (χ2n) is 6.68. The Bertz CT molecular complexity index is 1120. The second-order valence-corrected chi connectivity index (χ2v) is 6.68. The van der Waals surface area contributed by atoms with Crippen LogP contribution in [0.25, 0.3) is 22.4 Å². The van der Waals surface area contributed by atoms with E-state index in [1.807, 2.05) is 19.1 Å². The van der Waals surface area contributed by atoms with Gasteiger partial charge in [-0.05, 0) is 36.2 Å². The van der Waals surface area contributed by atoms with Crippen molar-refractivity contribution < 1.29 is 14.3 Å². The number of nitrogens with two attached hydrogens (primary N) is 1. The Hall–Kier alpha value is -3.55. The van der Waals surface area contributed by atoms with Crippen LogP contribution in [-0.2, 0) is 4.79 Å². The molecule has 0 aliphatic carbocycles. The summed E-state index contributed by atoms with van der Waals surface area (Å²) in [6, 6.07) is 7.23. The van der Waals surface area contributed by atoms with Gasteiger partial charge in [-0.25, -0.2) is 4.98 Å². The zero-order valence-corrected chi connectivity index (χ0v) is 15.8. The second kappa shape index (κ2) is 6.56. The summed E-state index contributed by atoms with van der Waals surface area (Å²) >= 11 is 0. The molecule has 2 heterocycles. The number of H-pyrrole nitrogens is 1. The first kappa shape index (κ1) is 17.8. The smallest absolute Gasteiger partial charge is 0.253 e. The molecule has 8 nitrogen and oxygen atoms in total. The molecule has 0 radical (unpaired) electrons. The Morgan fingerprint density at radius 1 is 1.36 bits per heavy atom. The van der Waals surface area contributed by atoms with Gasteiger partial charge in [0.15, 0.2) is 5.75 Å². The monoisotopic (exact) mass is 379 g/mol. The van der Waals surface area contributed by atoms with Gasteiger partial charge in [0, 0.05) is 12.7 Å². The first-order valence-corrected chi connectivity index (χ1v) is 9.01. The number of carbonyl (C=O) groups is 2. The van der Waals surface area contributed by atoms with Gasteiger partial charge in [-0.15, -0.1) is 0 Å². The Kier molecular flexibility index (Phi) is 4.18. The van der Waals surface area contributed by atoms with Crippen molar-refractivity contribution in [2.45, 2.75) is 19.3 Å². The van der Waals surface area contributed by atoms with Crippen molar-refractivity contribution in [2.24, 2.45) is 0 Å². The number of aromatic nitrogens is 2. The van der Waals surface area contributed by atoms with E-state index in [0.29, 0.717) is 22.7 Å². The van der Waals surface area contributed by atoms with E-state index in [1.165, 1.54) is 7.11 Å². The summed E-state index contributed by atoms with van der Waals surface area (Å²) in [5, 5.41) is 5.48. The number of rotatable bonds is 4. The van der Waals surface area contributed by atoms with E-state index >= 15 is 0 Å². The molecule has 1 unspecified atom stereocenters. The van der Waals surface area contributed by atoms with Gasteiger partial charge in [0.1, 0.15) is 5.82 Å². The number of amides is 2. The van der Waals surface area contributed by atoms with Gasteiger partial charge in [-0.1, -0.05) is 6.92 Å². The fraction of sp³-hybridized carbons (Fsp3) is 0.250. The molecule has 0 saturated heterocycles. The highest BCUT2D eigenvalue weighted by Gasteiger charge is 2.30. The number of imidazole rings is 1. The lowest BCUT2D eigenvalue weighted by atomic mass is 9.98. The van der Waals surface area contributed by atoms with E-state index in [1.54, 1.807) is 19.2 Å². The average Bonchev–Trinajstić information content (AvgIpc) is 3.23. The zero-order valence-electron chi connectivity index (χ0n) is 15.8. The maximum absolute atomic E-state index is 12.1. The molecular formula is C20H21N5O3. The highest BCUT2D eigenvalue weighted by Crippen LogP contribution is 2.40. The topological polar surface area (TPSA) is 122 Å². The standard InChI is InChI=1S/C20H21N5O3/c1-4-9-12-7-14-15(8-13(12)25-20(9)27)24-18(23-14)11-6-5-10(19(26)22-2)16(21)17(11)28-3/h5-9H,4,21H2,1-3H3,(H,22,26)(H,23,24)(H,25,27). The van der Waals surface area contributed by atoms with Crippen LogP contribution in [0, 0.1) is 0 Å². The van der Waals surface area contributed by atoms with Crippen LogP contribution in [0.4, 0.5) is 11.4 Å². The molecule has 1 atom stereocenters. The average molecular weight is 379 g/mol. The van der Waals surface area contributed by atoms with Crippen LogP contribution in [0.1, 0.15) is 35.2 Å². The summed E-state index contributed by atoms with van der Waals surface area (Å²) in [5.74, 6) is 0.531. The zero-order chi connectivity index (χ0) is 20.0. The van der Waals surface area contributed by atoms with E-state index < -0.39 is 0 Å². The molecule has 0 spiro atoms. The molecular weight excluding hydrogens is 358 g/mol. The number of carbonyl (C=O) groups excluding carboxylic acids is 2. The number of nitrogens with one attached hydrogen (secondary N) is 3. The molecule has 8 heteroatoms. The highest BCUT2D eigenvalue weighted by atomic mass is 16.5. The first-order valence-electron chi connectivity index (χ1n) is 9.01. The molecule has 4 rings (SSSR count). The van der Waals surface area contributed by atoms with Crippen molar-refractivity contribution in [3.8, 4) is 17.1 Å². The van der Waals surface area contributed by atoms with Gasteiger partial charge >= 0.3 is 0 Å². The fourth-order valence-corrected chi connectivity index (χ4v) is 3.70. The minimum atomic E-state index is -0.287. The number of aromatic amines is 1. The summed E-state index contributed by atoms with van der Waals surface area (Å²) in [6.07, 6.45) is 0.729. The SMILES string of the molecule is CCC1C(=O)Nc2cc3[nH]c(-c4ccc(C(=O)NC)c(N)c4OC)nc3cc21. The lowest BCUT2D eigenvalue weighted by Gasteiger charge is -2.12. The molecule has 5 N–H and O–H groups in total. The van der Waals surface area contributed by atoms with Gasteiger partial charge in [0.2, 0.25) is 5.91 Å². The predicted octanol–water partition coefficient (Wildman–Crippen LogP) is 2.63. The summed E-state index contributed by atoms with van der Waals surface area (Å²) in [4.78, 5) is 32.0. The molecule has 1 aliphatic heterocycles. The van der Waals surface area contributed by atoms with Crippen molar-refractivity contribution in [1.82, 2.24) is 15.3 Å². The first-order chi connectivity index (χ1) is 13.5. The van der Waals surface area contributed by atoms with Crippen molar-refractivity contribution >= 4 is 34.2 Å². The molecule has 0 bridgehead atoms. The van der Waals surface area contributed by atoms with Gasteiger partial charge in [0.05, 0.1) is 40.9 Å². The maximum Gasteiger partial charge on any atom is 0.253 e. The minimum Gasteiger partial charge on any atom is -0.494 e. The molecule has 28 heavy (non-hydrogen) atoms.